The predicted molar refractivity (Wildman–Crippen MR) is 49.1 cm³/mol. The van der Waals surface area contributed by atoms with Crippen LogP contribution >= 0.6 is 0 Å². The van der Waals surface area contributed by atoms with Crippen LogP contribution in [-0.2, 0) is 4.74 Å². The zero-order chi connectivity index (χ0) is 8.55. The molecule has 0 amide bonds. The van der Waals surface area contributed by atoms with Gasteiger partial charge in [0.15, 0.2) is 0 Å². The van der Waals surface area contributed by atoms with E-state index in [0.717, 1.165) is 5.92 Å². The van der Waals surface area contributed by atoms with Crippen LogP contribution in [0.4, 0.5) is 0 Å². The van der Waals surface area contributed by atoms with E-state index in [0.29, 0.717) is 18.2 Å². The van der Waals surface area contributed by atoms with Gasteiger partial charge >= 0.3 is 0 Å². The number of hydrogen-bond donors (Lipinski definition) is 1. The smallest absolute Gasteiger partial charge is 0.0704 e. The van der Waals surface area contributed by atoms with Crippen LogP contribution in [0.3, 0.4) is 0 Å². The summed E-state index contributed by atoms with van der Waals surface area (Å²) in [5.41, 5.74) is 0. The van der Waals surface area contributed by atoms with E-state index in [4.69, 9.17) is 4.74 Å². The van der Waals surface area contributed by atoms with Crippen molar-refractivity contribution in [2.75, 3.05) is 6.54 Å². The molecule has 0 spiro atoms. The van der Waals surface area contributed by atoms with Crippen molar-refractivity contribution in [3.63, 3.8) is 0 Å². The molecule has 0 radical (unpaired) electrons. The third kappa shape index (κ3) is 1.99. The summed E-state index contributed by atoms with van der Waals surface area (Å²) in [6.07, 6.45) is 4.93. The van der Waals surface area contributed by atoms with Crippen LogP contribution in [0.25, 0.3) is 0 Å². The van der Waals surface area contributed by atoms with Gasteiger partial charge in [-0.25, -0.2) is 0 Å². The van der Waals surface area contributed by atoms with Crippen molar-refractivity contribution in [1.82, 2.24) is 5.32 Å². The fraction of sp³-hybridized carbons (Fsp3) is 1.00. The van der Waals surface area contributed by atoms with Crippen molar-refractivity contribution in [3.8, 4) is 0 Å². The highest BCUT2D eigenvalue weighted by Crippen LogP contribution is 2.28. The largest absolute Gasteiger partial charge is 0.374 e. The van der Waals surface area contributed by atoms with Crippen LogP contribution in [0.15, 0.2) is 0 Å². The summed E-state index contributed by atoms with van der Waals surface area (Å²) in [7, 11) is 0. The van der Waals surface area contributed by atoms with Gasteiger partial charge in [0.1, 0.15) is 0 Å². The average Bonchev–Trinajstić information content (AvgIpc) is 2.76. The fourth-order valence-electron chi connectivity index (χ4n) is 1.96. The summed E-state index contributed by atoms with van der Waals surface area (Å²) in [5, 5.41) is 3.60. The van der Waals surface area contributed by atoms with Gasteiger partial charge in [-0.05, 0) is 45.6 Å². The lowest BCUT2D eigenvalue weighted by Gasteiger charge is -2.15. The predicted octanol–water partition coefficient (Wildman–Crippen LogP) is 1.55. The van der Waals surface area contributed by atoms with Gasteiger partial charge in [0.25, 0.3) is 0 Å². The molecule has 0 aromatic rings. The Morgan fingerprint density at radius 2 is 2.08 bits per heavy atom. The second-order valence-electron chi connectivity index (χ2n) is 4.35. The molecular formula is C10H19NO. The summed E-state index contributed by atoms with van der Waals surface area (Å²) in [5.74, 6) is 0.980. The molecule has 0 aromatic heterocycles. The number of hydrogen-bond acceptors (Lipinski definition) is 2. The molecule has 1 saturated heterocycles. The topological polar surface area (TPSA) is 21.3 Å². The van der Waals surface area contributed by atoms with Gasteiger partial charge in [-0.15, -0.1) is 0 Å². The summed E-state index contributed by atoms with van der Waals surface area (Å²) in [6.45, 7) is 5.55. The molecule has 2 fully saturated rings. The van der Waals surface area contributed by atoms with E-state index in [1.807, 2.05) is 0 Å². The second-order valence-corrected chi connectivity index (χ2v) is 4.35. The Bertz CT molecular complexity index is 156. The first kappa shape index (κ1) is 8.52. The first-order valence-electron chi connectivity index (χ1n) is 5.14. The summed E-state index contributed by atoms with van der Waals surface area (Å²) in [6, 6.07) is 0.612. The Labute approximate surface area is 74.7 Å². The normalized spacial score (nSPS) is 42.0. The Morgan fingerprint density at radius 3 is 2.58 bits per heavy atom. The summed E-state index contributed by atoms with van der Waals surface area (Å²) in [4.78, 5) is 0. The van der Waals surface area contributed by atoms with Crippen LogP contribution in [-0.4, -0.2) is 24.8 Å². The highest BCUT2D eigenvalue weighted by molar-refractivity contribution is 4.86. The highest BCUT2D eigenvalue weighted by atomic mass is 16.5. The summed E-state index contributed by atoms with van der Waals surface area (Å²) < 4.78 is 5.66. The standard InChI is InChI=1S/C10H19NO/c1-7-5-10(8(2)12-7)11-6-9-3-4-9/h7-11H,3-6H2,1-2H3. The van der Waals surface area contributed by atoms with Crippen molar-refractivity contribution in [2.24, 2.45) is 5.92 Å². The number of nitrogens with one attached hydrogen (secondary N) is 1. The lowest BCUT2D eigenvalue weighted by Crippen LogP contribution is -2.35. The maximum atomic E-state index is 5.66. The molecule has 2 nitrogen and oxygen atoms in total. The molecule has 2 rings (SSSR count). The zero-order valence-electron chi connectivity index (χ0n) is 8.05. The summed E-state index contributed by atoms with van der Waals surface area (Å²) >= 11 is 0. The van der Waals surface area contributed by atoms with Gasteiger partial charge in [-0.1, -0.05) is 0 Å². The minimum Gasteiger partial charge on any atom is -0.374 e. The molecule has 2 aliphatic rings. The van der Waals surface area contributed by atoms with Crippen LogP contribution in [0.2, 0.25) is 0 Å². The van der Waals surface area contributed by atoms with Gasteiger partial charge in [-0.2, -0.15) is 0 Å². The third-order valence-electron chi connectivity index (χ3n) is 2.97. The first-order valence-corrected chi connectivity index (χ1v) is 5.14. The average molecular weight is 169 g/mol. The van der Waals surface area contributed by atoms with E-state index in [1.54, 1.807) is 0 Å². The van der Waals surface area contributed by atoms with Crippen molar-refractivity contribution in [3.05, 3.63) is 0 Å². The van der Waals surface area contributed by atoms with Crippen LogP contribution < -0.4 is 5.32 Å². The molecule has 1 heterocycles. The molecule has 1 aliphatic carbocycles. The number of rotatable bonds is 3. The monoisotopic (exact) mass is 169 g/mol. The van der Waals surface area contributed by atoms with Gasteiger partial charge in [0, 0.05) is 6.04 Å². The zero-order valence-corrected chi connectivity index (χ0v) is 8.05. The molecule has 2 heteroatoms. The van der Waals surface area contributed by atoms with Gasteiger partial charge in [0.05, 0.1) is 12.2 Å². The van der Waals surface area contributed by atoms with Crippen molar-refractivity contribution in [2.45, 2.75) is 51.4 Å². The SMILES string of the molecule is CC1CC(NCC2CC2)C(C)O1. The molecule has 12 heavy (non-hydrogen) atoms. The lowest BCUT2D eigenvalue weighted by atomic mass is 10.1. The molecular weight excluding hydrogens is 150 g/mol. The molecule has 1 saturated carbocycles. The highest BCUT2D eigenvalue weighted by Gasteiger charge is 2.30. The maximum Gasteiger partial charge on any atom is 0.0704 e. The van der Waals surface area contributed by atoms with E-state index < -0.39 is 0 Å². The Morgan fingerprint density at radius 1 is 1.33 bits per heavy atom. The third-order valence-corrected chi connectivity index (χ3v) is 2.97. The van der Waals surface area contributed by atoms with Crippen molar-refractivity contribution in [1.29, 1.82) is 0 Å². The molecule has 70 valence electrons. The Balaban J connectivity index is 1.71. The number of ether oxygens (including phenoxy) is 1. The van der Waals surface area contributed by atoms with Crippen molar-refractivity contribution >= 4 is 0 Å². The second kappa shape index (κ2) is 3.35. The minimum absolute atomic E-state index is 0.416. The van der Waals surface area contributed by atoms with E-state index in [1.165, 1.54) is 25.8 Å². The van der Waals surface area contributed by atoms with Crippen LogP contribution in [0.1, 0.15) is 33.1 Å². The molecule has 1 N–H and O–H groups in total. The van der Waals surface area contributed by atoms with E-state index in [2.05, 4.69) is 19.2 Å². The molecule has 0 aromatic carbocycles. The van der Waals surface area contributed by atoms with Crippen LogP contribution in [0.5, 0.6) is 0 Å². The Hall–Kier alpha value is -0.0800. The quantitative estimate of drug-likeness (QED) is 0.692. The van der Waals surface area contributed by atoms with E-state index >= 15 is 0 Å². The Kier molecular flexibility index (Phi) is 2.37. The van der Waals surface area contributed by atoms with Crippen molar-refractivity contribution < 1.29 is 4.74 Å². The molecule has 0 bridgehead atoms. The van der Waals surface area contributed by atoms with E-state index in [9.17, 15) is 0 Å². The van der Waals surface area contributed by atoms with Gasteiger partial charge < -0.3 is 10.1 Å². The maximum absolute atomic E-state index is 5.66. The molecule has 3 unspecified atom stereocenters. The lowest BCUT2D eigenvalue weighted by molar-refractivity contribution is 0.0605. The fourth-order valence-corrected chi connectivity index (χ4v) is 1.96. The first-order chi connectivity index (χ1) is 5.75. The van der Waals surface area contributed by atoms with Crippen LogP contribution in [0, 0.1) is 5.92 Å². The van der Waals surface area contributed by atoms with Gasteiger partial charge in [0.2, 0.25) is 0 Å². The minimum atomic E-state index is 0.416. The van der Waals surface area contributed by atoms with E-state index in [-0.39, 0.29) is 0 Å². The molecule has 3 atom stereocenters. The molecule has 1 aliphatic heterocycles. The van der Waals surface area contributed by atoms with Gasteiger partial charge in [-0.3, -0.25) is 0 Å².